The van der Waals surface area contributed by atoms with Crippen LogP contribution in [0.1, 0.15) is 27.2 Å². The van der Waals surface area contributed by atoms with Gasteiger partial charge in [-0.15, -0.1) is 0 Å². The maximum absolute atomic E-state index is 12.4. The van der Waals surface area contributed by atoms with Crippen LogP contribution in [0.4, 0.5) is 11.4 Å². The van der Waals surface area contributed by atoms with E-state index in [-0.39, 0.29) is 29.1 Å². The summed E-state index contributed by atoms with van der Waals surface area (Å²) >= 11 is 0. The maximum Gasteiger partial charge on any atom is 0.271 e. The number of carbonyl (C=O) groups excluding carboxylic acids is 1. The molecule has 0 bridgehead atoms. The number of hydrogen-bond donors (Lipinski definition) is 2. The Balaban J connectivity index is 2.03. The molecule has 1 saturated heterocycles. The van der Waals surface area contributed by atoms with Crippen LogP contribution in [0, 0.1) is 15.5 Å². The lowest BCUT2D eigenvalue weighted by atomic mass is 9.79. The molecule has 1 aromatic rings. The van der Waals surface area contributed by atoms with Crippen LogP contribution in [0.2, 0.25) is 0 Å². The topological polar surface area (TPSA) is 101 Å². The normalized spacial score (nSPS) is 22.3. The number of piperidine rings is 1. The van der Waals surface area contributed by atoms with E-state index in [1.165, 1.54) is 12.1 Å². The maximum atomic E-state index is 12.4. The number of hydrogen-bond acceptors (Lipinski definition) is 5. The van der Waals surface area contributed by atoms with Crippen LogP contribution in [0.25, 0.3) is 0 Å². The van der Waals surface area contributed by atoms with Crippen molar-refractivity contribution in [1.82, 2.24) is 4.90 Å². The van der Waals surface area contributed by atoms with Gasteiger partial charge in [-0.1, -0.05) is 19.9 Å². The quantitative estimate of drug-likeness (QED) is 0.652. The van der Waals surface area contributed by atoms with Crippen molar-refractivity contribution in [3.8, 4) is 0 Å². The second-order valence-corrected chi connectivity index (χ2v) is 6.83. The van der Waals surface area contributed by atoms with E-state index >= 15 is 0 Å². The van der Waals surface area contributed by atoms with Crippen LogP contribution < -0.4 is 11.1 Å². The minimum absolute atomic E-state index is 0.0412. The molecule has 2 unspecified atom stereocenters. The number of likely N-dealkylation sites (tertiary alicyclic amines) is 1. The number of benzene rings is 1. The molecule has 0 spiro atoms. The molecule has 1 heterocycles. The highest BCUT2D eigenvalue weighted by molar-refractivity contribution is 5.94. The monoisotopic (exact) mass is 320 g/mol. The van der Waals surface area contributed by atoms with Gasteiger partial charge in [-0.05, 0) is 24.8 Å². The van der Waals surface area contributed by atoms with Crippen molar-refractivity contribution in [2.75, 3.05) is 18.4 Å². The average Bonchev–Trinajstić information content (AvgIpc) is 2.49. The van der Waals surface area contributed by atoms with E-state index in [4.69, 9.17) is 5.73 Å². The highest BCUT2D eigenvalue weighted by Crippen LogP contribution is 2.29. The van der Waals surface area contributed by atoms with Gasteiger partial charge in [0.25, 0.3) is 5.69 Å². The number of carbonyl (C=O) groups is 1. The molecule has 0 aromatic heterocycles. The van der Waals surface area contributed by atoms with Crippen molar-refractivity contribution in [3.63, 3.8) is 0 Å². The third-order valence-corrected chi connectivity index (χ3v) is 4.59. The number of nitrogens with zero attached hydrogens (tertiary/aromatic N) is 2. The summed E-state index contributed by atoms with van der Waals surface area (Å²) < 4.78 is 0. The number of nitro benzene ring substituents is 1. The molecule has 1 aliphatic heterocycles. The third-order valence-electron chi connectivity index (χ3n) is 4.59. The van der Waals surface area contributed by atoms with E-state index in [0.717, 1.165) is 19.5 Å². The Labute approximate surface area is 136 Å². The molecule has 126 valence electrons. The Kier molecular flexibility index (Phi) is 5.01. The van der Waals surface area contributed by atoms with E-state index < -0.39 is 4.92 Å². The van der Waals surface area contributed by atoms with E-state index in [1.54, 1.807) is 12.1 Å². The van der Waals surface area contributed by atoms with E-state index in [9.17, 15) is 14.9 Å². The van der Waals surface area contributed by atoms with Crippen molar-refractivity contribution < 1.29 is 9.72 Å². The molecule has 2 rings (SSSR count). The van der Waals surface area contributed by atoms with E-state index in [0.29, 0.717) is 5.69 Å². The molecule has 7 nitrogen and oxygen atoms in total. The van der Waals surface area contributed by atoms with Gasteiger partial charge in [0, 0.05) is 37.0 Å². The van der Waals surface area contributed by atoms with Gasteiger partial charge in [-0.25, -0.2) is 0 Å². The van der Waals surface area contributed by atoms with Crippen molar-refractivity contribution in [2.24, 2.45) is 11.1 Å². The smallest absolute Gasteiger partial charge is 0.271 e. The van der Waals surface area contributed by atoms with Crippen LogP contribution in [-0.4, -0.2) is 40.9 Å². The molecule has 7 heteroatoms. The van der Waals surface area contributed by atoms with Gasteiger partial charge in [0.1, 0.15) is 0 Å². The zero-order chi connectivity index (χ0) is 17.2. The summed E-state index contributed by atoms with van der Waals surface area (Å²) in [6.07, 6.45) is 0.849. The Hall–Kier alpha value is -1.99. The molecular weight excluding hydrogens is 296 g/mol. The van der Waals surface area contributed by atoms with Crippen LogP contribution in [0.15, 0.2) is 24.3 Å². The van der Waals surface area contributed by atoms with Gasteiger partial charge in [0.05, 0.1) is 11.0 Å². The molecule has 1 amide bonds. The molecule has 0 radical (unpaired) electrons. The average molecular weight is 320 g/mol. The van der Waals surface area contributed by atoms with E-state index in [2.05, 4.69) is 24.1 Å². The molecule has 0 saturated carbocycles. The first-order valence-electron chi connectivity index (χ1n) is 7.75. The first-order valence-corrected chi connectivity index (χ1v) is 7.75. The number of nitrogens with one attached hydrogen (secondary N) is 1. The predicted octanol–water partition coefficient (Wildman–Crippen LogP) is 1.98. The zero-order valence-electron chi connectivity index (χ0n) is 13.8. The van der Waals surface area contributed by atoms with Crippen molar-refractivity contribution in [2.45, 2.75) is 39.3 Å². The lowest BCUT2D eigenvalue weighted by molar-refractivity contribution is -0.384. The van der Waals surface area contributed by atoms with Crippen LogP contribution in [0.3, 0.4) is 0 Å². The summed E-state index contributed by atoms with van der Waals surface area (Å²) in [6, 6.07) is 5.77. The molecule has 0 aliphatic carbocycles. The lowest BCUT2D eigenvalue weighted by Crippen LogP contribution is -2.56. The first-order chi connectivity index (χ1) is 10.7. The second kappa shape index (κ2) is 6.64. The van der Waals surface area contributed by atoms with Crippen molar-refractivity contribution >= 4 is 17.3 Å². The summed E-state index contributed by atoms with van der Waals surface area (Å²) in [5.41, 5.74) is 6.48. The second-order valence-electron chi connectivity index (χ2n) is 6.83. The van der Waals surface area contributed by atoms with Crippen molar-refractivity contribution in [3.05, 3.63) is 34.4 Å². The minimum Gasteiger partial charge on any atom is -0.327 e. The number of nitrogens with two attached hydrogens (primary N) is 1. The van der Waals surface area contributed by atoms with Gasteiger partial charge in [-0.2, -0.15) is 0 Å². The Bertz CT molecular complexity index is 603. The molecule has 1 aliphatic rings. The highest BCUT2D eigenvalue weighted by Gasteiger charge is 2.36. The van der Waals surface area contributed by atoms with Crippen LogP contribution in [0.5, 0.6) is 0 Å². The largest absolute Gasteiger partial charge is 0.327 e. The molecular formula is C16H24N4O3. The number of non-ortho nitro benzene ring substituents is 1. The predicted molar refractivity (Wildman–Crippen MR) is 89.1 cm³/mol. The first kappa shape index (κ1) is 17.4. The lowest BCUT2D eigenvalue weighted by Gasteiger charge is -2.44. The molecule has 1 aromatic carbocycles. The minimum atomic E-state index is -0.479. The summed E-state index contributed by atoms with van der Waals surface area (Å²) in [4.78, 5) is 24.9. The summed E-state index contributed by atoms with van der Waals surface area (Å²) in [7, 11) is 0. The highest BCUT2D eigenvalue weighted by atomic mass is 16.6. The number of amides is 1. The SMILES string of the molecule is CC(C(=O)Nc1cccc([N+](=O)[O-])c1)N1CCC(N)C(C)(C)C1. The molecule has 1 fully saturated rings. The summed E-state index contributed by atoms with van der Waals surface area (Å²) in [5.74, 6) is -0.170. The molecule has 23 heavy (non-hydrogen) atoms. The fourth-order valence-corrected chi connectivity index (χ4v) is 2.86. The van der Waals surface area contributed by atoms with E-state index in [1.807, 2.05) is 6.92 Å². The van der Waals surface area contributed by atoms with Crippen LogP contribution in [-0.2, 0) is 4.79 Å². The summed E-state index contributed by atoms with van der Waals surface area (Å²) in [5, 5.41) is 13.6. The number of anilines is 1. The van der Waals surface area contributed by atoms with Gasteiger partial charge in [-0.3, -0.25) is 19.8 Å². The Morgan fingerprint density at radius 3 is 2.83 bits per heavy atom. The van der Waals surface area contributed by atoms with Gasteiger partial charge < -0.3 is 11.1 Å². The number of nitro groups is 1. The number of rotatable bonds is 4. The van der Waals surface area contributed by atoms with Gasteiger partial charge >= 0.3 is 0 Å². The Morgan fingerprint density at radius 2 is 2.22 bits per heavy atom. The standard InChI is InChI=1S/C16H24N4O3/c1-11(19-8-7-14(17)16(2,3)10-19)15(21)18-12-5-4-6-13(9-12)20(22)23/h4-6,9,11,14H,7-8,10,17H2,1-3H3,(H,18,21). The fourth-order valence-electron chi connectivity index (χ4n) is 2.86. The third kappa shape index (κ3) is 4.05. The Morgan fingerprint density at radius 1 is 1.52 bits per heavy atom. The summed E-state index contributed by atoms with van der Waals surface area (Å²) in [6.45, 7) is 7.58. The zero-order valence-corrected chi connectivity index (χ0v) is 13.8. The molecule has 3 N–H and O–H groups in total. The van der Waals surface area contributed by atoms with Crippen molar-refractivity contribution in [1.29, 1.82) is 0 Å². The van der Waals surface area contributed by atoms with Crippen LogP contribution >= 0.6 is 0 Å². The van der Waals surface area contributed by atoms with Gasteiger partial charge in [0.2, 0.25) is 5.91 Å². The fraction of sp³-hybridized carbons (Fsp3) is 0.562. The van der Waals surface area contributed by atoms with Gasteiger partial charge in [0.15, 0.2) is 0 Å². The molecule has 2 atom stereocenters.